The van der Waals surface area contributed by atoms with E-state index in [0.29, 0.717) is 42.2 Å². The van der Waals surface area contributed by atoms with Crippen molar-refractivity contribution in [1.29, 1.82) is 5.26 Å². The minimum absolute atomic E-state index is 0.0645. The number of Topliss-reactive ketones (excluding diaryl/α,β-unsaturated/α-hetero) is 1. The monoisotopic (exact) mass is 380 g/mol. The molecule has 0 radical (unpaired) electrons. The van der Waals surface area contributed by atoms with Gasteiger partial charge in [-0.25, -0.2) is 5.01 Å². The lowest BCUT2D eigenvalue weighted by molar-refractivity contribution is -0.119. The summed E-state index contributed by atoms with van der Waals surface area (Å²) in [6.07, 6.45) is 1.15. The summed E-state index contributed by atoms with van der Waals surface area (Å²) in [5.74, 6) is 0.601. The van der Waals surface area contributed by atoms with Crippen molar-refractivity contribution < 1.29 is 9.53 Å². The zero-order valence-corrected chi connectivity index (χ0v) is 17.2. The minimum Gasteiger partial charge on any atom is -0.494 e. The van der Waals surface area contributed by atoms with E-state index in [2.05, 4.69) is 19.9 Å². The molecule has 148 valence electrons. The number of para-hydroxylation sites is 1. The Kier molecular flexibility index (Phi) is 5.22. The molecule has 0 aromatic heterocycles. The van der Waals surface area contributed by atoms with Gasteiger partial charge in [-0.3, -0.25) is 9.80 Å². The zero-order valence-electron chi connectivity index (χ0n) is 17.2. The normalized spacial score (nSPS) is 21.7. The lowest BCUT2D eigenvalue weighted by Crippen LogP contribution is -2.47. The molecule has 1 aliphatic carbocycles. The van der Waals surface area contributed by atoms with Crippen molar-refractivity contribution in [3.8, 4) is 11.8 Å². The second-order valence-electron chi connectivity index (χ2n) is 8.27. The molecule has 1 heterocycles. The quantitative estimate of drug-likeness (QED) is 0.863. The number of benzene rings is 1. The molecule has 3 rings (SSSR count). The number of carbonyl (C=O) groups excluding carboxylic acids is 1. The van der Waals surface area contributed by atoms with E-state index in [4.69, 9.17) is 10.5 Å². The third-order valence-corrected chi connectivity index (χ3v) is 5.28. The van der Waals surface area contributed by atoms with Crippen LogP contribution in [0.2, 0.25) is 0 Å². The van der Waals surface area contributed by atoms with Crippen LogP contribution >= 0.6 is 0 Å². The van der Waals surface area contributed by atoms with Gasteiger partial charge in [0.1, 0.15) is 11.6 Å². The van der Waals surface area contributed by atoms with Crippen LogP contribution < -0.4 is 10.5 Å². The Morgan fingerprint density at radius 1 is 1.32 bits per heavy atom. The first-order chi connectivity index (χ1) is 13.2. The van der Waals surface area contributed by atoms with Crippen molar-refractivity contribution in [3.63, 3.8) is 0 Å². The molecule has 0 unspecified atom stereocenters. The highest BCUT2D eigenvalue weighted by atomic mass is 16.5. The maximum atomic E-state index is 13.3. The van der Waals surface area contributed by atoms with Gasteiger partial charge in [-0.15, -0.1) is 0 Å². The summed E-state index contributed by atoms with van der Waals surface area (Å²) in [5, 5.41) is 13.6. The van der Waals surface area contributed by atoms with E-state index in [1.54, 1.807) is 0 Å². The molecule has 2 N–H and O–H groups in total. The van der Waals surface area contributed by atoms with Crippen molar-refractivity contribution in [3.05, 3.63) is 52.5 Å². The van der Waals surface area contributed by atoms with E-state index in [1.807, 2.05) is 55.3 Å². The molecule has 1 aromatic carbocycles. The van der Waals surface area contributed by atoms with Gasteiger partial charge in [-0.05, 0) is 24.8 Å². The van der Waals surface area contributed by atoms with Gasteiger partial charge in [-0.1, -0.05) is 32.0 Å². The predicted octanol–water partition coefficient (Wildman–Crippen LogP) is 3.30. The highest BCUT2D eigenvalue weighted by Crippen LogP contribution is 2.50. The van der Waals surface area contributed by atoms with Crippen LogP contribution in [0.5, 0.6) is 5.75 Å². The summed E-state index contributed by atoms with van der Waals surface area (Å²) < 4.78 is 5.82. The maximum Gasteiger partial charge on any atom is 0.162 e. The van der Waals surface area contributed by atoms with Gasteiger partial charge in [0.05, 0.1) is 24.2 Å². The second kappa shape index (κ2) is 7.33. The zero-order chi connectivity index (χ0) is 20.6. The number of carbonyl (C=O) groups is 1. The fourth-order valence-electron chi connectivity index (χ4n) is 4.27. The van der Waals surface area contributed by atoms with Gasteiger partial charge >= 0.3 is 0 Å². The van der Waals surface area contributed by atoms with Gasteiger partial charge < -0.3 is 10.5 Å². The molecule has 2 aliphatic rings. The van der Waals surface area contributed by atoms with Crippen molar-refractivity contribution >= 4 is 5.78 Å². The standard InChI is InChI=1S/C22H28N4O2/c1-6-28-18-10-8-7-9-14(18)19-15(13-23)21(24)26(25(4)5)16-11-22(2,3)12-17(27)20(16)19/h7-10,19H,6,11-12,24H2,1-5H3/t19-/m1/s1. The summed E-state index contributed by atoms with van der Waals surface area (Å²) in [5.41, 5.74) is 9.04. The first-order valence-electron chi connectivity index (χ1n) is 9.57. The van der Waals surface area contributed by atoms with Gasteiger partial charge in [0.25, 0.3) is 0 Å². The maximum absolute atomic E-state index is 13.3. The van der Waals surface area contributed by atoms with Crippen molar-refractivity contribution in [2.75, 3.05) is 20.7 Å². The summed E-state index contributed by atoms with van der Waals surface area (Å²) >= 11 is 0. The third kappa shape index (κ3) is 3.27. The van der Waals surface area contributed by atoms with Gasteiger partial charge in [0, 0.05) is 37.3 Å². The van der Waals surface area contributed by atoms with Crippen molar-refractivity contribution in [1.82, 2.24) is 10.0 Å². The van der Waals surface area contributed by atoms with E-state index in [-0.39, 0.29) is 11.2 Å². The van der Waals surface area contributed by atoms with Gasteiger partial charge in [0.2, 0.25) is 0 Å². The number of ketones is 1. The fourth-order valence-corrected chi connectivity index (χ4v) is 4.27. The molecular formula is C22H28N4O2. The van der Waals surface area contributed by atoms with Crippen LogP contribution in [0, 0.1) is 16.7 Å². The van der Waals surface area contributed by atoms with Crippen LogP contribution in [0.4, 0.5) is 0 Å². The SMILES string of the molecule is CCOc1ccccc1[C@@H]1C(C#N)=C(N)N(N(C)C)C2=C1C(=O)CC(C)(C)C2. The molecule has 0 amide bonds. The number of hydrogen-bond acceptors (Lipinski definition) is 6. The molecular weight excluding hydrogens is 352 g/mol. The topological polar surface area (TPSA) is 82.6 Å². The molecule has 0 saturated heterocycles. The highest BCUT2D eigenvalue weighted by molar-refractivity contribution is 6.00. The summed E-state index contributed by atoms with van der Waals surface area (Å²) in [6, 6.07) is 9.86. The van der Waals surface area contributed by atoms with Crippen LogP contribution in [0.15, 0.2) is 46.9 Å². The Hall–Kier alpha value is -2.78. The first kappa shape index (κ1) is 20.0. The Morgan fingerprint density at radius 3 is 2.61 bits per heavy atom. The third-order valence-electron chi connectivity index (χ3n) is 5.28. The lowest BCUT2D eigenvalue weighted by Gasteiger charge is -2.45. The van der Waals surface area contributed by atoms with Crippen LogP contribution in [-0.4, -0.2) is 36.5 Å². The Labute approximate surface area is 166 Å². The summed E-state index contributed by atoms with van der Waals surface area (Å²) in [4.78, 5) is 13.3. The van der Waals surface area contributed by atoms with Gasteiger partial charge in [0.15, 0.2) is 5.78 Å². The van der Waals surface area contributed by atoms with E-state index in [0.717, 1.165) is 11.3 Å². The number of ether oxygens (including phenoxy) is 1. The molecule has 0 spiro atoms. The molecule has 0 fully saturated rings. The smallest absolute Gasteiger partial charge is 0.162 e. The summed E-state index contributed by atoms with van der Waals surface area (Å²) in [6.45, 7) is 6.60. The number of rotatable bonds is 4. The average Bonchev–Trinajstić information content (AvgIpc) is 2.60. The van der Waals surface area contributed by atoms with Crippen LogP contribution in [-0.2, 0) is 4.79 Å². The Bertz CT molecular complexity index is 905. The lowest BCUT2D eigenvalue weighted by atomic mass is 9.69. The number of hydrazine groups is 1. The molecule has 28 heavy (non-hydrogen) atoms. The van der Waals surface area contributed by atoms with E-state index < -0.39 is 5.92 Å². The molecule has 0 bridgehead atoms. The largest absolute Gasteiger partial charge is 0.494 e. The fraction of sp³-hybridized carbons (Fsp3) is 0.455. The molecule has 0 saturated carbocycles. The highest BCUT2D eigenvalue weighted by Gasteiger charge is 2.45. The van der Waals surface area contributed by atoms with Crippen LogP contribution in [0.3, 0.4) is 0 Å². The van der Waals surface area contributed by atoms with Gasteiger partial charge in [-0.2, -0.15) is 5.26 Å². The molecule has 1 aliphatic heterocycles. The van der Waals surface area contributed by atoms with Crippen LogP contribution in [0.1, 0.15) is 45.1 Å². The Morgan fingerprint density at radius 2 is 2.00 bits per heavy atom. The summed E-state index contributed by atoms with van der Waals surface area (Å²) in [7, 11) is 3.74. The number of nitriles is 1. The number of nitrogens with two attached hydrogens (primary N) is 1. The number of allylic oxidation sites excluding steroid dienone is 3. The predicted molar refractivity (Wildman–Crippen MR) is 108 cm³/mol. The number of hydrogen-bond donors (Lipinski definition) is 1. The van der Waals surface area contributed by atoms with E-state index in [1.165, 1.54) is 0 Å². The van der Waals surface area contributed by atoms with E-state index in [9.17, 15) is 10.1 Å². The molecule has 1 aromatic rings. The molecule has 6 heteroatoms. The van der Waals surface area contributed by atoms with Crippen molar-refractivity contribution in [2.24, 2.45) is 11.1 Å². The average molecular weight is 380 g/mol. The van der Waals surface area contributed by atoms with Crippen molar-refractivity contribution in [2.45, 2.75) is 39.5 Å². The Balaban J connectivity index is 2.30. The molecule has 6 nitrogen and oxygen atoms in total. The van der Waals surface area contributed by atoms with Crippen LogP contribution in [0.25, 0.3) is 0 Å². The second-order valence-corrected chi connectivity index (χ2v) is 8.27. The minimum atomic E-state index is -0.512. The number of nitrogens with zero attached hydrogens (tertiary/aromatic N) is 3. The first-order valence-corrected chi connectivity index (χ1v) is 9.57. The molecule has 1 atom stereocenters. The van der Waals surface area contributed by atoms with E-state index >= 15 is 0 Å².